The van der Waals surface area contributed by atoms with E-state index >= 15 is 0 Å². The van der Waals surface area contributed by atoms with Crippen molar-refractivity contribution < 1.29 is 18.3 Å². The molecule has 0 amide bonds. The van der Waals surface area contributed by atoms with Gasteiger partial charge in [0, 0.05) is 38.4 Å². The van der Waals surface area contributed by atoms with Crippen molar-refractivity contribution in [2.45, 2.75) is 69.7 Å². The molecule has 8 heteroatoms. The van der Waals surface area contributed by atoms with Crippen molar-refractivity contribution in [1.82, 2.24) is 14.5 Å². The van der Waals surface area contributed by atoms with Gasteiger partial charge in [0.1, 0.15) is 17.1 Å². The van der Waals surface area contributed by atoms with Gasteiger partial charge in [-0.05, 0) is 45.4 Å². The van der Waals surface area contributed by atoms with Crippen LogP contribution in [0, 0.1) is 11.6 Å². The van der Waals surface area contributed by atoms with Gasteiger partial charge in [-0.25, -0.2) is 13.6 Å². The number of hydrogen-bond donors (Lipinski definition) is 1. The van der Waals surface area contributed by atoms with Crippen LogP contribution in [-0.4, -0.2) is 53.1 Å². The van der Waals surface area contributed by atoms with E-state index in [0.717, 1.165) is 57.7 Å². The van der Waals surface area contributed by atoms with Crippen LogP contribution >= 0.6 is 0 Å². The highest BCUT2D eigenvalue weighted by Gasteiger charge is 2.42. The Labute approximate surface area is 175 Å². The Bertz CT molecular complexity index is 928. The molecule has 1 N–H and O–H groups in total. The van der Waals surface area contributed by atoms with Gasteiger partial charge in [-0.1, -0.05) is 6.42 Å². The molecule has 1 atom stereocenters. The van der Waals surface area contributed by atoms with Gasteiger partial charge in [0.25, 0.3) is 0 Å². The van der Waals surface area contributed by atoms with E-state index in [1.807, 2.05) is 6.92 Å². The molecule has 166 valence electrons. The first-order valence-corrected chi connectivity index (χ1v) is 10.9. The molecule has 1 saturated carbocycles. The summed E-state index contributed by atoms with van der Waals surface area (Å²) in [5.41, 5.74) is -0.298. The first-order chi connectivity index (χ1) is 14.4. The van der Waals surface area contributed by atoms with Crippen LogP contribution in [0.25, 0.3) is 11.0 Å². The number of aromatic amines is 1. The molecule has 6 nitrogen and oxygen atoms in total. The van der Waals surface area contributed by atoms with Gasteiger partial charge < -0.3 is 14.5 Å². The fraction of sp³-hybridized carbons (Fsp3) is 0.682. The number of hydrogen-bond acceptors (Lipinski definition) is 4. The van der Waals surface area contributed by atoms with Crippen molar-refractivity contribution in [1.29, 1.82) is 0 Å². The highest BCUT2D eigenvalue weighted by atomic mass is 19.1. The average molecular weight is 424 g/mol. The molecule has 1 aliphatic heterocycles. The Kier molecular flexibility index (Phi) is 6.27. The molecule has 1 saturated heterocycles. The Morgan fingerprint density at radius 2 is 1.90 bits per heavy atom. The van der Waals surface area contributed by atoms with Crippen molar-refractivity contribution in [3.8, 4) is 0 Å². The summed E-state index contributed by atoms with van der Waals surface area (Å²) in [5.74, 6) is -1.41. The van der Waals surface area contributed by atoms with E-state index in [4.69, 9.17) is 9.47 Å². The normalized spacial score (nSPS) is 21.9. The smallest absolute Gasteiger partial charge is 0.326 e. The fourth-order valence-electron chi connectivity index (χ4n) is 5.30. The molecule has 30 heavy (non-hydrogen) atoms. The average Bonchev–Trinajstić information content (AvgIpc) is 3.05. The van der Waals surface area contributed by atoms with Crippen molar-refractivity contribution in [3.05, 3.63) is 34.3 Å². The maximum absolute atomic E-state index is 14.1. The molecule has 1 aliphatic carbocycles. The summed E-state index contributed by atoms with van der Waals surface area (Å²) < 4.78 is 41.2. The number of aromatic nitrogens is 2. The van der Waals surface area contributed by atoms with Gasteiger partial charge in [-0.3, -0.25) is 9.47 Å². The van der Waals surface area contributed by atoms with Gasteiger partial charge in [0.2, 0.25) is 0 Å². The molecule has 2 fully saturated rings. The Morgan fingerprint density at radius 1 is 1.20 bits per heavy atom. The molecule has 0 spiro atoms. The third-order valence-corrected chi connectivity index (χ3v) is 6.61. The maximum atomic E-state index is 14.1. The number of nitrogens with zero attached hydrogens (tertiary/aromatic N) is 2. The van der Waals surface area contributed by atoms with Crippen molar-refractivity contribution in [2.24, 2.45) is 0 Å². The lowest BCUT2D eigenvalue weighted by Crippen LogP contribution is -2.56. The van der Waals surface area contributed by atoms with Crippen LogP contribution in [0.5, 0.6) is 0 Å². The minimum absolute atomic E-state index is 0.00742. The second kappa shape index (κ2) is 8.77. The zero-order valence-corrected chi connectivity index (χ0v) is 17.8. The molecule has 1 aromatic heterocycles. The summed E-state index contributed by atoms with van der Waals surface area (Å²) in [4.78, 5) is 17.5. The second-order valence-corrected chi connectivity index (χ2v) is 8.69. The van der Waals surface area contributed by atoms with Crippen LogP contribution in [0.4, 0.5) is 8.78 Å². The Morgan fingerprint density at radius 3 is 2.57 bits per heavy atom. The van der Waals surface area contributed by atoms with Gasteiger partial charge in [0.05, 0.1) is 18.2 Å². The summed E-state index contributed by atoms with van der Waals surface area (Å²) >= 11 is 0. The number of fused-ring (bicyclic) bond motifs is 1. The minimum atomic E-state index is -0.736. The van der Waals surface area contributed by atoms with E-state index in [1.165, 1.54) is 17.1 Å². The summed E-state index contributed by atoms with van der Waals surface area (Å²) in [6.07, 6.45) is 6.96. The van der Waals surface area contributed by atoms with E-state index in [-0.39, 0.29) is 29.1 Å². The first kappa shape index (κ1) is 21.5. The number of nitrogens with one attached hydrogen (secondary N) is 1. The molecule has 0 bridgehead atoms. The molecule has 1 unspecified atom stereocenters. The zero-order valence-electron chi connectivity index (χ0n) is 17.8. The molecule has 1 aromatic carbocycles. The number of benzene rings is 1. The Balaban J connectivity index is 1.54. The highest BCUT2D eigenvalue weighted by molar-refractivity contribution is 5.76. The fourth-order valence-corrected chi connectivity index (χ4v) is 5.30. The number of H-pyrrole nitrogens is 1. The number of rotatable bonds is 6. The lowest BCUT2D eigenvalue weighted by molar-refractivity contribution is -0.213. The van der Waals surface area contributed by atoms with E-state index in [1.54, 1.807) is 7.11 Å². The number of piperidine rings is 1. The molecule has 4 rings (SSSR count). The zero-order chi connectivity index (χ0) is 21.3. The summed E-state index contributed by atoms with van der Waals surface area (Å²) in [6.45, 7) is 4.16. The topological polar surface area (TPSA) is 59.5 Å². The monoisotopic (exact) mass is 423 g/mol. The molecular weight excluding hydrogens is 392 g/mol. The first-order valence-electron chi connectivity index (χ1n) is 10.9. The molecule has 2 aromatic rings. The molecule has 2 heterocycles. The van der Waals surface area contributed by atoms with Crippen LogP contribution in [0.1, 0.15) is 57.9 Å². The predicted octanol–water partition coefficient (Wildman–Crippen LogP) is 3.96. The molecule has 0 radical (unpaired) electrons. The number of halogens is 2. The van der Waals surface area contributed by atoms with Crippen LogP contribution in [0.2, 0.25) is 0 Å². The number of imidazole rings is 1. The van der Waals surface area contributed by atoms with Gasteiger partial charge in [-0.15, -0.1) is 0 Å². The van der Waals surface area contributed by atoms with E-state index < -0.39 is 11.6 Å². The quantitative estimate of drug-likeness (QED) is 0.764. The van der Waals surface area contributed by atoms with Gasteiger partial charge >= 0.3 is 5.69 Å². The van der Waals surface area contributed by atoms with Crippen molar-refractivity contribution in [3.63, 3.8) is 0 Å². The largest absolute Gasteiger partial charge is 0.382 e. The van der Waals surface area contributed by atoms with Crippen LogP contribution in [0.15, 0.2) is 16.9 Å². The lowest BCUT2D eigenvalue weighted by atomic mass is 9.88. The number of likely N-dealkylation sites (tertiary alicyclic amines) is 1. The van der Waals surface area contributed by atoms with Gasteiger partial charge in [0.15, 0.2) is 5.82 Å². The van der Waals surface area contributed by atoms with Gasteiger partial charge in [-0.2, -0.15) is 0 Å². The van der Waals surface area contributed by atoms with Crippen molar-refractivity contribution >= 4 is 11.0 Å². The third-order valence-electron chi connectivity index (χ3n) is 6.61. The maximum Gasteiger partial charge on any atom is 0.326 e. The summed E-state index contributed by atoms with van der Waals surface area (Å²) in [5, 5.41) is 0. The highest BCUT2D eigenvalue weighted by Crippen LogP contribution is 2.39. The van der Waals surface area contributed by atoms with Crippen LogP contribution < -0.4 is 5.69 Å². The van der Waals surface area contributed by atoms with E-state index in [9.17, 15) is 13.6 Å². The Hall–Kier alpha value is -1.77. The standard InChI is InChI=1S/C22H31F2N3O3/c1-15(14-29-2)30-22(8-4-3-5-9-22)26-10-6-17(7-11-26)27-19-13-16(23)12-18(24)20(19)25-21(27)28/h12-13,15,17H,3-11,14H2,1-2H3,(H,25,28). The SMILES string of the molecule is COCC(C)OC1(N2CCC(n3c(=O)[nH]c4c(F)cc(F)cc43)CC2)CCCCC1. The molecule has 2 aliphatic rings. The van der Waals surface area contributed by atoms with Crippen LogP contribution in [0.3, 0.4) is 0 Å². The van der Waals surface area contributed by atoms with E-state index in [0.29, 0.717) is 12.1 Å². The number of ether oxygens (including phenoxy) is 2. The predicted molar refractivity (Wildman–Crippen MR) is 111 cm³/mol. The van der Waals surface area contributed by atoms with Crippen molar-refractivity contribution in [2.75, 3.05) is 26.8 Å². The van der Waals surface area contributed by atoms with Crippen LogP contribution in [-0.2, 0) is 9.47 Å². The third kappa shape index (κ3) is 4.05. The molecular formula is C22H31F2N3O3. The second-order valence-electron chi connectivity index (χ2n) is 8.69. The summed E-state index contributed by atoms with van der Waals surface area (Å²) in [7, 11) is 1.68. The minimum Gasteiger partial charge on any atom is -0.382 e. The summed E-state index contributed by atoms with van der Waals surface area (Å²) in [6, 6.07) is 1.94. The lowest BCUT2D eigenvalue weighted by Gasteiger charge is -2.49. The van der Waals surface area contributed by atoms with E-state index in [2.05, 4.69) is 9.88 Å². The number of methoxy groups -OCH3 is 1.